The van der Waals surface area contributed by atoms with Crippen LogP contribution in [0, 0.1) is 5.82 Å². The summed E-state index contributed by atoms with van der Waals surface area (Å²) in [5, 5.41) is 4.96. The predicted octanol–water partition coefficient (Wildman–Crippen LogP) is 4.15. The molecule has 1 N–H and O–H groups in total. The number of rotatable bonds is 8. The van der Waals surface area contributed by atoms with Gasteiger partial charge in [-0.2, -0.15) is 0 Å². The van der Waals surface area contributed by atoms with Crippen molar-refractivity contribution in [2.24, 2.45) is 0 Å². The van der Waals surface area contributed by atoms with Crippen molar-refractivity contribution in [1.29, 1.82) is 0 Å². The molecule has 1 amide bonds. The lowest BCUT2D eigenvalue weighted by atomic mass is 10.2. The molecule has 2 aromatic carbocycles. The third-order valence-corrected chi connectivity index (χ3v) is 6.70. The van der Waals surface area contributed by atoms with Gasteiger partial charge >= 0.3 is 0 Å². The molecule has 0 aliphatic heterocycles. The maximum atomic E-state index is 12.9. The number of benzene rings is 2. The number of ether oxygens (including phenoxy) is 1. The van der Waals surface area contributed by atoms with Crippen molar-refractivity contribution in [3.63, 3.8) is 0 Å². The molecule has 0 unspecified atom stereocenters. The van der Waals surface area contributed by atoms with E-state index in [2.05, 4.69) is 10.3 Å². The Balaban J connectivity index is 1.52. The maximum absolute atomic E-state index is 12.9. The van der Waals surface area contributed by atoms with Crippen LogP contribution in [0.25, 0.3) is 11.3 Å². The highest BCUT2D eigenvalue weighted by Gasteiger charge is 2.15. The number of amides is 1. The zero-order chi connectivity index (χ0) is 20.9. The summed E-state index contributed by atoms with van der Waals surface area (Å²) in [6.07, 6.45) is 0.195. The van der Waals surface area contributed by atoms with Gasteiger partial charge in [-0.05, 0) is 55.0 Å². The van der Waals surface area contributed by atoms with Crippen LogP contribution in [0.4, 0.5) is 9.52 Å². The molecule has 0 fully saturated rings. The van der Waals surface area contributed by atoms with Gasteiger partial charge in [0.25, 0.3) is 0 Å². The van der Waals surface area contributed by atoms with Crippen LogP contribution >= 0.6 is 11.3 Å². The van der Waals surface area contributed by atoms with Gasteiger partial charge < -0.3 is 10.1 Å². The Bertz CT molecular complexity index is 1080. The van der Waals surface area contributed by atoms with Crippen molar-refractivity contribution in [1.82, 2.24) is 4.98 Å². The fourth-order valence-electron chi connectivity index (χ4n) is 2.59. The Kier molecular flexibility index (Phi) is 6.60. The molecule has 29 heavy (non-hydrogen) atoms. The Labute approximate surface area is 172 Å². The van der Waals surface area contributed by atoms with E-state index in [4.69, 9.17) is 4.74 Å². The van der Waals surface area contributed by atoms with Crippen LogP contribution in [0.5, 0.6) is 5.75 Å². The van der Waals surface area contributed by atoms with Crippen LogP contribution in [-0.2, 0) is 14.6 Å². The molecule has 9 heteroatoms. The smallest absolute Gasteiger partial charge is 0.226 e. The first-order valence-electron chi connectivity index (χ1n) is 8.75. The Morgan fingerprint density at radius 2 is 1.83 bits per heavy atom. The zero-order valence-corrected chi connectivity index (χ0v) is 17.2. The first-order valence-corrected chi connectivity index (χ1v) is 11.3. The molecular weight excluding hydrogens is 415 g/mol. The largest absolute Gasteiger partial charge is 0.497 e. The van der Waals surface area contributed by atoms with E-state index in [1.54, 1.807) is 7.11 Å². The monoisotopic (exact) mass is 434 g/mol. The summed E-state index contributed by atoms with van der Waals surface area (Å²) >= 11 is 1.29. The number of sulfone groups is 1. The minimum atomic E-state index is -3.55. The summed E-state index contributed by atoms with van der Waals surface area (Å²) in [6.45, 7) is 0. The van der Waals surface area contributed by atoms with Gasteiger partial charge in [-0.3, -0.25) is 4.79 Å². The van der Waals surface area contributed by atoms with Crippen LogP contribution in [0.1, 0.15) is 12.8 Å². The molecule has 0 radical (unpaired) electrons. The number of hydrogen-bond donors (Lipinski definition) is 1. The van der Waals surface area contributed by atoms with E-state index in [1.165, 1.54) is 23.5 Å². The first kappa shape index (κ1) is 20.9. The van der Waals surface area contributed by atoms with Crippen LogP contribution in [0.15, 0.2) is 58.8 Å². The van der Waals surface area contributed by atoms with Crippen molar-refractivity contribution in [3.05, 3.63) is 59.7 Å². The van der Waals surface area contributed by atoms with E-state index >= 15 is 0 Å². The number of thiazole rings is 1. The summed E-state index contributed by atoms with van der Waals surface area (Å²) in [6, 6.07) is 12.1. The van der Waals surface area contributed by atoms with E-state index in [1.807, 2.05) is 29.6 Å². The number of anilines is 1. The molecule has 0 aliphatic rings. The van der Waals surface area contributed by atoms with Crippen LogP contribution in [0.2, 0.25) is 0 Å². The van der Waals surface area contributed by atoms with E-state index in [0.29, 0.717) is 5.13 Å². The number of hydrogen-bond acceptors (Lipinski definition) is 6. The van der Waals surface area contributed by atoms with Crippen LogP contribution in [0.3, 0.4) is 0 Å². The second kappa shape index (κ2) is 9.15. The number of aromatic nitrogens is 1. The van der Waals surface area contributed by atoms with Crippen molar-refractivity contribution >= 4 is 32.2 Å². The molecular formula is C20H19FN2O4S2. The van der Waals surface area contributed by atoms with Crippen LogP contribution in [-0.4, -0.2) is 32.2 Å². The lowest BCUT2D eigenvalue weighted by Gasteiger charge is -2.05. The lowest BCUT2D eigenvalue weighted by molar-refractivity contribution is -0.116. The standard InChI is InChI=1S/C20H19FN2O4S2/c1-27-16-8-4-14(5-9-16)18-13-28-20(22-18)23-19(24)3-2-12-29(25,26)17-10-6-15(21)7-11-17/h4-11,13H,2-3,12H2,1H3,(H,22,23,24). The summed E-state index contributed by atoms with van der Waals surface area (Å²) in [7, 11) is -1.96. The molecule has 6 nitrogen and oxygen atoms in total. The third-order valence-electron chi connectivity index (χ3n) is 4.13. The average Bonchev–Trinajstić information content (AvgIpc) is 3.16. The maximum Gasteiger partial charge on any atom is 0.226 e. The van der Waals surface area contributed by atoms with Crippen molar-refractivity contribution < 1.29 is 22.3 Å². The minimum absolute atomic E-state index is 0.0396. The molecule has 0 atom stereocenters. The summed E-state index contributed by atoms with van der Waals surface area (Å²) in [5.74, 6) is -0.259. The molecule has 152 valence electrons. The summed E-state index contributed by atoms with van der Waals surface area (Å²) in [4.78, 5) is 16.5. The molecule has 0 saturated carbocycles. The molecule has 0 spiro atoms. The van der Waals surface area contributed by atoms with Gasteiger partial charge in [-0.25, -0.2) is 17.8 Å². The Hall–Kier alpha value is -2.78. The quantitative estimate of drug-likeness (QED) is 0.539. The fraction of sp³-hybridized carbons (Fsp3) is 0.200. The van der Waals surface area contributed by atoms with Gasteiger partial charge in [0.1, 0.15) is 11.6 Å². The zero-order valence-electron chi connectivity index (χ0n) is 15.6. The second-order valence-electron chi connectivity index (χ2n) is 6.19. The number of nitrogens with zero attached hydrogens (tertiary/aromatic N) is 1. The molecule has 0 saturated heterocycles. The highest BCUT2D eigenvalue weighted by molar-refractivity contribution is 7.91. The normalized spacial score (nSPS) is 11.2. The second-order valence-corrected chi connectivity index (χ2v) is 9.16. The third kappa shape index (κ3) is 5.61. The number of carbonyl (C=O) groups excluding carboxylic acids is 1. The van der Waals surface area contributed by atoms with Gasteiger partial charge in [-0.1, -0.05) is 0 Å². The van der Waals surface area contributed by atoms with Crippen LogP contribution < -0.4 is 10.1 Å². The summed E-state index contributed by atoms with van der Waals surface area (Å²) < 4.78 is 42.5. The number of methoxy groups -OCH3 is 1. The van der Waals surface area contributed by atoms with Crippen molar-refractivity contribution in [3.8, 4) is 17.0 Å². The molecule has 0 bridgehead atoms. The first-order chi connectivity index (χ1) is 13.9. The van der Waals surface area contributed by atoms with Crippen molar-refractivity contribution in [2.75, 3.05) is 18.2 Å². The molecule has 1 heterocycles. The van der Waals surface area contributed by atoms with Gasteiger partial charge in [0.05, 0.1) is 23.5 Å². The minimum Gasteiger partial charge on any atom is -0.497 e. The van der Waals surface area contributed by atoms with Crippen molar-refractivity contribution in [2.45, 2.75) is 17.7 Å². The lowest BCUT2D eigenvalue weighted by Crippen LogP contribution is -2.14. The Morgan fingerprint density at radius 1 is 1.14 bits per heavy atom. The molecule has 3 rings (SSSR count). The number of nitrogens with one attached hydrogen (secondary N) is 1. The van der Waals surface area contributed by atoms with Gasteiger partial charge in [0.2, 0.25) is 5.91 Å². The molecule has 3 aromatic rings. The fourth-order valence-corrected chi connectivity index (χ4v) is 4.64. The summed E-state index contributed by atoms with van der Waals surface area (Å²) in [5.41, 5.74) is 1.62. The highest BCUT2D eigenvalue weighted by Crippen LogP contribution is 2.26. The van der Waals surface area contributed by atoms with E-state index in [-0.39, 0.29) is 29.4 Å². The van der Waals surface area contributed by atoms with E-state index < -0.39 is 15.7 Å². The molecule has 1 aromatic heterocycles. The number of halogens is 1. The topological polar surface area (TPSA) is 85.4 Å². The number of carbonyl (C=O) groups is 1. The Morgan fingerprint density at radius 3 is 2.48 bits per heavy atom. The van der Waals surface area contributed by atoms with E-state index in [9.17, 15) is 17.6 Å². The van der Waals surface area contributed by atoms with E-state index in [0.717, 1.165) is 29.1 Å². The molecule has 0 aliphatic carbocycles. The average molecular weight is 435 g/mol. The van der Waals surface area contributed by atoms with Gasteiger partial charge in [0.15, 0.2) is 15.0 Å². The SMILES string of the molecule is COc1ccc(-c2csc(NC(=O)CCCS(=O)(=O)c3ccc(F)cc3)n2)cc1. The predicted molar refractivity (Wildman–Crippen MR) is 110 cm³/mol. The van der Waals surface area contributed by atoms with Gasteiger partial charge in [0, 0.05) is 17.4 Å². The van der Waals surface area contributed by atoms with Gasteiger partial charge in [-0.15, -0.1) is 11.3 Å². The highest BCUT2D eigenvalue weighted by atomic mass is 32.2.